The third-order valence-electron chi connectivity index (χ3n) is 5.10. The lowest BCUT2D eigenvalue weighted by molar-refractivity contribution is 0.183. The van der Waals surface area contributed by atoms with E-state index in [-0.39, 0.29) is 0 Å². The van der Waals surface area contributed by atoms with Gasteiger partial charge in [-0.25, -0.2) is 9.67 Å². The zero-order valence-electron chi connectivity index (χ0n) is 17.1. The molecule has 1 saturated heterocycles. The average Bonchev–Trinajstić information content (AvgIpc) is 3.16. The van der Waals surface area contributed by atoms with Crippen LogP contribution in [0.5, 0.6) is 5.75 Å². The van der Waals surface area contributed by atoms with Crippen molar-refractivity contribution in [1.29, 1.82) is 0 Å². The van der Waals surface area contributed by atoms with Crippen LogP contribution in [-0.2, 0) is 0 Å². The molecular formula is C22H28ClN5O. The van der Waals surface area contributed by atoms with Crippen molar-refractivity contribution in [3.63, 3.8) is 0 Å². The number of aromatic nitrogens is 3. The zero-order chi connectivity index (χ0) is 20.2. The van der Waals surface area contributed by atoms with Crippen molar-refractivity contribution < 1.29 is 4.74 Å². The van der Waals surface area contributed by atoms with E-state index in [0.29, 0.717) is 23.5 Å². The maximum Gasteiger partial charge on any atom is 0.155 e. The van der Waals surface area contributed by atoms with Gasteiger partial charge >= 0.3 is 0 Å². The van der Waals surface area contributed by atoms with Gasteiger partial charge in [-0.3, -0.25) is 4.90 Å². The molecule has 0 atom stereocenters. The number of halogens is 1. The number of hydrogen-bond donors (Lipinski definition) is 1. The molecule has 0 unspecified atom stereocenters. The Morgan fingerprint density at radius 3 is 2.76 bits per heavy atom. The van der Waals surface area contributed by atoms with Gasteiger partial charge in [-0.2, -0.15) is 0 Å². The van der Waals surface area contributed by atoms with Gasteiger partial charge in [0.15, 0.2) is 5.82 Å². The van der Waals surface area contributed by atoms with Crippen LogP contribution in [-0.4, -0.2) is 51.9 Å². The van der Waals surface area contributed by atoms with E-state index in [1.165, 1.54) is 32.4 Å². The predicted octanol–water partition coefficient (Wildman–Crippen LogP) is 4.76. The fourth-order valence-corrected chi connectivity index (χ4v) is 3.92. The van der Waals surface area contributed by atoms with Crippen LogP contribution in [0.25, 0.3) is 16.7 Å². The Labute approximate surface area is 176 Å². The topological polar surface area (TPSA) is 55.2 Å². The molecule has 3 aromatic rings. The summed E-state index contributed by atoms with van der Waals surface area (Å²) in [4.78, 5) is 7.23. The minimum Gasteiger partial charge on any atom is -0.492 e. The van der Waals surface area contributed by atoms with Gasteiger partial charge in [0.05, 0.1) is 10.5 Å². The van der Waals surface area contributed by atoms with E-state index in [0.717, 1.165) is 29.0 Å². The van der Waals surface area contributed by atoms with Crippen molar-refractivity contribution in [3.05, 3.63) is 41.6 Å². The molecule has 1 aromatic carbocycles. The molecule has 2 aromatic heterocycles. The highest BCUT2D eigenvalue weighted by atomic mass is 35.5. The molecule has 0 bridgehead atoms. The van der Waals surface area contributed by atoms with Gasteiger partial charge in [-0.15, -0.1) is 5.10 Å². The van der Waals surface area contributed by atoms with Crippen LogP contribution in [0.4, 0.5) is 5.82 Å². The molecule has 3 heterocycles. The highest BCUT2D eigenvalue weighted by molar-refractivity contribution is 6.35. The number of nitrogens with one attached hydrogen (secondary N) is 1. The van der Waals surface area contributed by atoms with Crippen LogP contribution in [0.15, 0.2) is 36.5 Å². The maximum atomic E-state index is 6.52. The number of benzene rings is 1. The van der Waals surface area contributed by atoms with Crippen molar-refractivity contribution in [2.24, 2.45) is 0 Å². The van der Waals surface area contributed by atoms with Crippen molar-refractivity contribution in [2.75, 3.05) is 31.6 Å². The van der Waals surface area contributed by atoms with E-state index in [9.17, 15) is 0 Å². The third-order valence-corrected chi connectivity index (χ3v) is 5.42. The molecule has 0 aliphatic carbocycles. The highest BCUT2D eigenvalue weighted by Gasteiger charge is 2.11. The minimum absolute atomic E-state index is 0.316. The Morgan fingerprint density at radius 1 is 1.14 bits per heavy atom. The van der Waals surface area contributed by atoms with E-state index >= 15 is 0 Å². The molecule has 0 radical (unpaired) electrons. The molecular weight excluding hydrogens is 386 g/mol. The summed E-state index contributed by atoms with van der Waals surface area (Å²) in [5.74, 6) is 2.32. The summed E-state index contributed by atoms with van der Waals surface area (Å²) in [5.41, 5.74) is 0.803. The summed E-state index contributed by atoms with van der Waals surface area (Å²) in [6, 6.07) is 9.98. The number of piperidine rings is 1. The third kappa shape index (κ3) is 5.00. The summed E-state index contributed by atoms with van der Waals surface area (Å²) in [6.07, 6.45) is 5.82. The lowest BCUT2D eigenvalue weighted by Gasteiger charge is -2.26. The van der Waals surface area contributed by atoms with E-state index in [2.05, 4.69) is 29.2 Å². The smallest absolute Gasteiger partial charge is 0.155 e. The molecule has 0 amide bonds. The number of hydrogen-bond acceptors (Lipinski definition) is 5. The summed E-state index contributed by atoms with van der Waals surface area (Å²) < 4.78 is 7.73. The molecule has 6 nitrogen and oxygen atoms in total. The summed E-state index contributed by atoms with van der Waals surface area (Å²) in [5, 5.41) is 9.39. The quantitative estimate of drug-likeness (QED) is 0.605. The van der Waals surface area contributed by atoms with Crippen molar-refractivity contribution >= 4 is 28.3 Å². The highest BCUT2D eigenvalue weighted by Crippen LogP contribution is 2.28. The minimum atomic E-state index is 0.316. The molecule has 4 rings (SSSR count). The Morgan fingerprint density at radius 2 is 1.97 bits per heavy atom. The van der Waals surface area contributed by atoms with Gasteiger partial charge in [0, 0.05) is 42.4 Å². The first-order chi connectivity index (χ1) is 14.1. The van der Waals surface area contributed by atoms with E-state index in [1.807, 2.05) is 36.5 Å². The largest absolute Gasteiger partial charge is 0.492 e. The zero-order valence-corrected chi connectivity index (χ0v) is 17.8. The molecule has 7 heteroatoms. The Kier molecular flexibility index (Phi) is 6.21. The number of rotatable bonds is 7. The van der Waals surface area contributed by atoms with Gasteiger partial charge in [0.1, 0.15) is 18.2 Å². The molecule has 1 fully saturated rings. The number of likely N-dealkylation sites (tertiary alicyclic amines) is 1. The molecule has 1 N–H and O–H groups in total. The van der Waals surface area contributed by atoms with Crippen molar-refractivity contribution in [3.8, 4) is 11.6 Å². The molecule has 29 heavy (non-hydrogen) atoms. The fraction of sp³-hybridized carbons (Fsp3) is 0.455. The van der Waals surface area contributed by atoms with Crippen molar-refractivity contribution in [1.82, 2.24) is 19.7 Å². The second kappa shape index (κ2) is 9.01. The van der Waals surface area contributed by atoms with Gasteiger partial charge in [-0.1, -0.05) is 18.0 Å². The Bertz CT molecular complexity index is 965. The molecule has 0 spiro atoms. The second-order valence-electron chi connectivity index (χ2n) is 7.84. The number of pyridine rings is 1. The van der Waals surface area contributed by atoms with Crippen LogP contribution in [0.3, 0.4) is 0 Å². The normalized spacial score (nSPS) is 15.2. The van der Waals surface area contributed by atoms with Gasteiger partial charge in [0.25, 0.3) is 0 Å². The first kappa shape index (κ1) is 20.0. The van der Waals surface area contributed by atoms with Crippen LogP contribution in [0.1, 0.15) is 33.1 Å². The monoisotopic (exact) mass is 413 g/mol. The first-order valence-corrected chi connectivity index (χ1v) is 10.7. The standard InChI is InChI=1S/C22H28ClN5O/c1-16(2)24-21-8-11-28(26-21)22-15-19(23)18-7-6-17(14-20(18)25-22)29-13-12-27-9-4-3-5-10-27/h6-8,11,14-16H,3-5,9-10,12-13H2,1-2H3,(H,24,26). The number of ether oxygens (including phenoxy) is 1. The SMILES string of the molecule is CC(C)Nc1ccn(-c2cc(Cl)c3ccc(OCCN4CCCCC4)cc3n2)n1. The van der Waals surface area contributed by atoms with E-state index in [1.54, 1.807) is 4.68 Å². The molecule has 1 aliphatic heterocycles. The lowest BCUT2D eigenvalue weighted by atomic mass is 10.1. The molecule has 1 aliphatic rings. The van der Waals surface area contributed by atoms with Crippen LogP contribution >= 0.6 is 11.6 Å². The summed E-state index contributed by atoms with van der Waals surface area (Å²) in [7, 11) is 0. The average molecular weight is 414 g/mol. The Hall–Kier alpha value is -2.31. The van der Waals surface area contributed by atoms with Gasteiger partial charge in [0.2, 0.25) is 0 Å². The lowest BCUT2D eigenvalue weighted by Crippen LogP contribution is -2.33. The van der Waals surface area contributed by atoms with Crippen LogP contribution < -0.4 is 10.1 Å². The van der Waals surface area contributed by atoms with Gasteiger partial charge < -0.3 is 10.1 Å². The van der Waals surface area contributed by atoms with E-state index < -0.39 is 0 Å². The number of anilines is 1. The van der Waals surface area contributed by atoms with Crippen molar-refractivity contribution in [2.45, 2.75) is 39.2 Å². The number of fused-ring (bicyclic) bond motifs is 1. The number of nitrogens with zero attached hydrogens (tertiary/aromatic N) is 4. The van der Waals surface area contributed by atoms with Crippen LogP contribution in [0, 0.1) is 0 Å². The fourth-order valence-electron chi connectivity index (χ4n) is 3.66. The Balaban J connectivity index is 1.50. The van der Waals surface area contributed by atoms with Gasteiger partial charge in [-0.05, 0) is 51.9 Å². The first-order valence-electron chi connectivity index (χ1n) is 10.4. The molecule has 0 saturated carbocycles. The molecule has 154 valence electrons. The predicted molar refractivity (Wildman–Crippen MR) is 118 cm³/mol. The second-order valence-corrected chi connectivity index (χ2v) is 8.24. The summed E-state index contributed by atoms with van der Waals surface area (Å²) in [6.45, 7) is 8.17. The van der Waals surface area contributed by atoms with Crippen LogP contribution in [0.2, 0.25) is 5.02 Å². The summed E-state index contributed by atoms with van der Waals surface area (Å²) >= 11 is 6.52. The maximum absolute atomic E-state index is 6.52. The van der Waals surface area contributed by atoms with E-state index in [4.69, 9.17) is 21.3 Å².